The highest BCUT2D eigenvalue weighted by atomic mass is 19.3. The lowest BCUT2D eigenvalue weighted by Gasteiger charge is -2.39. The molecule has 8 nitrogen and oxygen atoms in total. The second kappa shape index (κ2) is 11.0. The van der Waals surface area contributed by atoms with Gasteiger partial charge in [0.2, 0.25) is 0 Å². The number of methoxy groups -OCH3 is 2. The summed E-state index contributed by atoms with van der Waals surface area (Å²) < 4.78 is 45.5. The molecule has 0 bridgehead atoms. The van der Waals surface area contributed by atoms with Crippen LogP contribution >= 0.6 is 0 Å². The van der Waals surface area contributed by atoms with E-state index in [2.05, 4.69) is 10.1 Å². The zero-order chi connectivity index (χ0) is 24.8. The predicted octanol–water partition coefficient (Wildman–Crippen LogP) is 4.57. The van der Waals surface area contributed by atoms with Crippen LogP contribution in [-0.4, -0.2) is 52.0 Å². The van der Waals surface area contributed by atoms with Gasteiger partial charge in [-0.25, -0.2) is 4.79 Å². The van der Waals surface area contributed by atoms with Gasteiger partial charge in [0.25, 0.3) is 5.91 Å². The fourth-order valence-corrected chi connectivity index (χ4v) is 4.10. The first kappa shape index (κ1) is 25.1. The smallest absolute Gasteiger partial charge is 0.414 e. The van der Waals surface area contributed by atoms with Crippen molar-refractivity contribution >= 4 is 17.7 Å². The summed E-state index contributed by atoms with van der Waals surface area (Å²) in [6.07, 6.45) is 0.0811. The van der Waals surface area contributed by atoms with E-state index >= 15 is 0 Å². The van der Waals surface area contributed by atoms with Gasteiger partial charge in [-0.15, -0.1) is 0 Å². The summed E-state index contributed by atoms with van der Waals surface area (Å²) in [4.78, 5) is 27.0. The summed E-state index contributed by atoms with van der Waals surface area (Å²) in [5, 5.41) is 2.86. The minimum absolute atomic E-state index is 0.0961. The van der Waals surface area contributed by atoms with Crippen LogP contribution in [0.25, 0.3) is 0 Å². The second-order valence-electron chi connectivity index (χ2n) is 7.73. The normalized spacial score (nSPS) is 17.1. The molecule has 1 aliphatic heterocycles. The Morgan fingerprint density at radius 1 is 1.15 bits per heavy atom. The highest BCUT2D eigenvalue weighted by molar-refractivity contribution is 5.95. The number of alkyl halides is 2. The molecule has 0 aliphatic carbocycles. The first-order valence-electron chi connectivity index (χ1n) is 10.8. The van der Waals surface area contributed by atoms with Crippen molar-refractivity contribution in [1.82, 2.24) is 5.32 Å². The van der Waals surface area contributed by atoms with Gasteiger partial charge >= 0.3 is 12.7 Å². The molecule has 1 N–H and O–H groups in total. The lowest BCUT2D eigenvalue weighted by molar-refractivity contribution is -0.0498. The third-order valence-corrected chi connectivity index (χ3v) is 5.59. The van der Waals surface area contributed by atoms with Crippen molar-refractivity contribution in [1.29, 1.82) is 0 Å². The number of anilines is 1. The van der Waals surface area contributed by atoms with E-state index in [1.807, 2.05) is 6.92 Å². The number of benzene rings is 2. The molecule has 0 saturated heterocycles. The minimum Gasteiger partial charge on any atom is -0.493 e. The van der Waals surface area contributed by atoms with Crippen molar-refractivity contribution in [3.05, 3.63) is 47.5 Å². The topological polar surface area (TPSA) is 86.3 Å². The average Bonchev–Trinajstić information content (AvgIpc) is 2.81. The van der Waals surface area contributed by atoms with Crippen LogP contribution in [0.15, 0.2) is 36.4 Å². The van der Waals surface area contributed by atoms with Crippen molar-refractivity contribution in [2.24, 2.45) is 0 Å². The number of nitrogens with zero attached hydrogens (tertiary/aromatic N) is 1. The maximum Gasteiger partial charge on any atom is 0.414 e. The molecule has 2 unspecified atom stereocenters. The molecule has 34 heavy (non-hydrogen) atoms. The summed E-state index contributed by atoms with van der Waals surface area (Å²) >= 11 is 0. The number of halogens is 2. The summed E-state index contributed by atoms with van der Waals surface area (Å²) in [6, 6.07) is 8.90. The molecule has 184 valence electrons. The molecular weight excluding hydrogens is 450 g/mol. The molecule has 0 aromatic heterocycles. The summed E-state index contributed by atoms with van der Waals surface area (Å²) in [5.41, 5.74) is 1.60. The van der Waals surface area contributed by atoms with Crippen LogP contribution in [-0.2, 0) is 4.74 Å². The van der Waals surface area contributed by atoms with Crippen LogP contribution in [0.4, 0.5) is 19.3 Å². The fraction of sp³-hybridized carbons (Fsp3) is 0.417. The highest BCUT2D eigenvalue weighted by Gasteiger charge is 2.36. The number of hydrogen-bond acceptors (Lipinski definition) is 6. The van der Waals surface area contributed by atoms with E-state index in [4.69, 9.17) is 14.2 Å². The molecular formula is C24H28F2N2O6. The van der Waals surface area contributed by atoms with Crippen molar-refractivity contribution < 1.29 is 37.3 Å². The van der Waals surface area contributed by atoms with Crippen LogP contribution < -0.4 is 24.4 Å². The Morgan fingerprint density at radius 2 is 1.85 bits per heavy atom. The van der Waals surface area contributed by atoms with Gasteiger partial charge in [0.05, 0.1) is 26.5 Å². The molecule has 10 heteroatoms. The van der Waals surface area contributed by atoms with E-state index in [-0.39, 0.29) is 36.4 Å². The number of ether oxygens (including phenoxy) is 4. The molecule has 2 atom stereocenters. The number of rotatable bonds is 8. The quantitative estimate of drug-likeness (QED) is 0.598. The Labute approximate surface area is 196 Å². The van der Waals surface area contributed by atoms with Crippen molar-refractivity contribution in [2.45, 2.75) is 38.8 Å². The molecule has 3 rings (SSSR count). The van der Waals surface area contributed by atoms with E-state index < -0.39 is 18.6 Å². The van der Waals surface area contributed by atoms with E-state index in [1.165, 1.54) is 38.5 Å². The zero-order valence-electron chi connectivity index (χ0n) is 19.5. The Morgan fingerprint density at radius 3 is 2.50 bits per heavy atom. The summed E-state index contributed by atoms with van der Waals surface area (Å²) in [5.74, 6) is 0.277. The number of carbonyl (C=O) groups is 2. The molecule has 1 aliphatic rings. The van der Waals surface area contributed by atoms with Crippen LogP contribution in [0.2, 0.25) is 0 Å². The minimum atomic E-state index is -2.98. The van der Waals surface area contributed by atoms with Crippen molar-refractivity contribution in [2.75, 3.05) is 32.3 Å². The number of fused-ring (bicyclic) bond motifs is 1. The number of amides is 2. The fourth-order valence-electron chi connectivity index (χ4n) is 4.10. The summed E-state index contributed by atoms with van der Waals surface area (Å²) in [6.45, 7) is 1.15. The molecule has 0 saturated carbocycles. The first-order chi connectivity index (χ1) is 16.3. The van der Waals surface area contributed by atoms with Crippen LogP contribution in [0.1, 0.15) is 42.1 Å². The SMILES string of the molecule is CCOC(=O)N1c2cc(OC)c(OC)cc2C(CNC(=O)c2cccc(OC(F)F)c2)CC1C. The van der Waals surface area contributed by atoms with Gasteiger partial charge < -0.3 is 24.3 Å². The van der Waals surface area contributed by atoms with Crippen molar-refractivity contribution in [3.63, 3.8) is 0 Å². The van der Waals surface area contributed by atoms with E-state index in [0.29, 0.717) is 23.6 Å². The zero-order valence-corrected chi connectivity index (χ0v) is 19.5. The monoisotopic (exact) mass is 478 g/mol. The van der Waals surface area contributed by atoms with Gasteiger partial charge in [0, 0.05) is 30.1 Å². The van der Waals surface area contributed by atoms with Crippen molar-refractivity contribution in [3.8, 4) is 17.2 Å². The van der Waals surface area contributed by atoms with Gasteiger partial charge in [-0.05, 0) is 50.1 Å². The van der Waals surface area contributed by atoms with Gasteiger partial charge in [-0.2, -0.15) is 8.78 Å². The molecule has 2 aromatic rings. The lowest BCUT2D eigenvalue weighted by atomic mass is 9.85. The molecule has 2 aromatic carbocycles. The Hall–Kier alpha value is -3.56. The Kier molecular flexibility index (Phi) is 8.14. The third kappa shape index (κ3) is 5.49. The van der Waals surface area contributed by atoms with Crippen LogP contribution in [0, 0.1) is 0 Å². The first-order valence-corrected chi connectivity index (χ1v) is 10.8. The van der Waals surface area contributed by atoms with Gasteiger partial charge in [-0.3, -0.25) is 9.69 Å². The maximum absolute atomic E-state index is 12.7. The van der Waals surface area contributed by atoms with E-state index in [9.17, 15) is 18.4 Å². The second-order valence-corrected chi connectivity index (χ2v) is 7.73. The van der Waals surface area contributed by atoms with Crippen LogP contribution in [0.5, 0.6) is 17.2 Å². The third-order valence-electron chi connectivity index (χ3n) is 5.59. The van der Waals surface area contributed by atoms with Crippen LogP contribution in [0.3, 0.4) is 0 Å². The van der Waals surface area contributed by atoms with Gasteiger partial charge in [-0.1, -0.05) is 6.07 Å². The van der Waals surface area contributed by atoms with E-state index in [0.717, 1.165) is 5.56 Å². The number of nitrogens with one attached hydrogen (secondary N) is 1. The highest BCUT2D eigenvalue weighted by Crippen LogP contribution is 2.44. The van der Waals surface area contributed by atoms with E-state index in [1.54, 1.807) is 24.0 Å². The molecule has 0 spiro atoms. The summed E-state index contributed by atoms with van der Waals surface area (Å²) in [7, 11) is 3.03. The molecule has 1 heterocycles. The molecule has 0 radical (unpaired) electrons. The largest absolute Gasteiger partial charge is 0.493 e. The molecule has 0 fully saturated rings. The number of carbonyl (C=O) groups excluding carboxylic acids is 2. The van der Waals surface area contributed by atoms with Gasteiger partial charge in [0.1, 0.15) is 5.75 Å². The Bertz CT molecular complexity index is 1030. The molecule has 2 amide bonds. The predicted molar refractivity (Wildman–Crippen MR) is 121 cm³/mol. The maximum atomic E-state index is 12.7. The lowest BCUT2D eigenvalue weighted by Crippen LogP contribution is -2.45. The number of hydrogen-bond donors (Lipinski definition) is 1. The standard InChI is InChI=1S/C24H28F2N2O6/c1-5-33-24(30)28-14(2)9-16(18-11-20(31-3)21(32-4)12-19(18)28)13-27-22(29)15-7-6-8-17(10-15)34-23(25)26/h6-8,10-12,14,16,23H,5,9,13H2,1-4H3,(H,27,29). The van der Waals surface area contributed by atoms with Gasteiger partial charge in [0.15, 0.2) is 11.5 Å². The Balaban J connectivity index is 1.87. The average molecular weight is 478 g/mol.